The Morgan fingerprint density at radius 3 is 1.47 bits per heavy atom. The van der Waals surface area contributed by atoms with E-state index in [1.165, 1.54) is 4.90 Å². The maximum atomic E-state index is 14.7. The van der Waals surface area contributed by atoms with Crippen molar-refractivity contribution in [3.05, 3.63) is 101 Å². The predicted octanol–water partition coefficient (Wildman–Crippen LogP) is 6.55. The van der Waals surface area contributed by atoms with Crippen molar-refractivity contribution in [2.24, 2.45) is 22.7 Å². The third kappa shape index (κ3) is 2.67. The van der Waals surface area contributed by atoms with E-state index in [-0.39, 0.29) is 17.6 Å². The molecule has 1 heterocycles. The molecule has 0 spiro atoms. The summed E-state index contributed by atoms with van der Waals surface area (Å²) >= 11 is 3.44. The third-order valence-electron chi connectivity index (χ3n) is 8.65. The number of benzene rings is 3. The van der Waals surface area contributed by atoms with E-state index in [4.69, 9.17) is 0 Å². The minimum absolute atomic E-state index is 0.0323. The van der Waals surface area contributed by atoms with Crippen LogP contribution in [0.1, 0.15) is 37.8 Å². The number of carbonyl (C=O) groups excluding carboxylic acids is 3. The number of ketones is 1. The summed E-state index contributed by atoms with van der Waals surface area (Å²) in [6.45, 7) is 3.97. The van der Waals surface area contributed by atoms with Crippen LogP contribution in [0.4, 0.5) is 5.69 Å². The highest BCUT2D eigenvalue weighted by molar-refractivity contribution is 9.10. The van der Waals surface area contributed by atoms with Crippen LogP contribution in [0.3, 0.4) is 0 Å². The molecule has 180 valence electrons. The molecule has 2 bridgehead atoms. The molecule has 0 radical (unpaired) electrons. The number of rotatable bonds is 5. The predicted molar refractivity (Wildman–Crippen MR) is 144 cm³/mol. The van der Waals surface area contributed by atoms with Gasteiger partial charge in [0.2, 0.25) is 11.8 Å². The third-order valence-corrected chi connectivity index (χ3v) is 9.17. The molecule has 0 N–H and O–H groups in total. The van der Waals surface area contributed by atoms with Crippen LogP contribution in [0.5, 0.6) is 0 Å². The second-order valence-corrected chi connectivity index (χ2v) is 10.8. The summed E-state index contributed by atoms with van der Waals surface area (Å²) in [5.41, 5.74) is 2.18. The van der Waals surface area contributed by atoms with Crippen LogP contribution >= 0.6 is 15.9 Å². The molecular weight excluding hydrogens is 514 g/mol. The SMILES string of the molecule is CC[C@]12C(=O)[C@](CC)(C(c3ccccc3)=C1c1ccccc1)[C@H]1C(=O)N(c3ccc(Br)cc3)C(=O)[C@@H]12. The van der Waals surface area contributed by atoms with Gasteiger partial charge in [-0.3, -0.25) is 14.4 Å². The molecule has 6 rings (SSSR count). The Morgan fingerprint density at radius 2 is 1.08 bits per heavy atom. The van der Waals surface area contributed by atoms with Crippen molar-refractivity contribution in [2.45, 2.75) is 26.7 Å². The first-order valence-corrected chi connectivity index (χ1v) is 13.3. The van der Waals surface area contributed by atoms with E-state index in [9.17, 15) is 14.4 Å². The lowest BCUT2D eigenvalue weighted by Gasteiger charge is -2.38. The number of fused-ring (bicyclic) bond motifs is 5. The average molecular weight is 540 g/mol. The molecule has 4 nitrogen and oxygen atoms in total. The largest absolute Gasteiger partial charge is 0.298 e. The second-order valence-electron chi connectivity index (χ2n) is 9.90. The van der Waals surface area contributed by atoms with E-state index in [1.807, 2.05) is 86.6 Å². The first kappa shape index (κ1) is 23.1. The van der Waals surface area contributed by atoms with E-state index in [0.29, 0.717) is 18.5 Å². The number of hydrogen-bond acceptors (Lipinski definition) is 3. The average Bonchev–Trinajstić information content (AvgIpc) is 3.41. The van der Waals surface area contributed by atoms with Gasteiger partial charge in [-0.1, -0.05) is 90.4 Å². The maximum Gasteiger partial charge on any atom is 0.239 e. The fourth-order valence-electron chi connectivity index (χ4n) is 7.30. The summed E-state index contributed by atoms with van der Waals surface area (Å²) in [5.74, 6) is -1.93. The van der Waals surface area contributed by atoms with Gasteiger partial charge in [0.1, 0.15) is 0 Å². The van der Waals surface area contributed by atoms with Crippen LogP contribution in [0, 0.1) is 22.7 Å². The molecule has 1 saturated carbocycles. The number of imide groups is 1. The number of hydrogen-bond donors (Lipinski definition) is 0. The van der Waals surface area contributed by atoms with Gasteiger partial charge in [-0.2, -0.15) is 0 Å². The zero-order valence-corrected chi connectivity index (χ0v) is 21.8. The molecule has 2 amide bonds. The van der Waals surface area contributed by atoms with Gasteiger partial charge >= 0.3 is 0 Å². The van der Waals surface area contributed by atoms with Gasteiger partial charge in [-0.05, 0) is 59.4 Å². The molecule has 0 unspecified atom stereocenters. The molecule has 36 heavy (non-hydrogen) atoms. The Balaban J connectivity index is 1.67. The first-order chi connectivity index (χ1) is 17.4. The minimum Gasteiger partial charge on any atom is -0.298 e. The molecule has 3 aliphatic rings. The highest BCUT2D eigenvalue weighted by Crippen LogP contribution is 2.75. The van der Waals surface area contributed by atoms with Crippen molar-refractivity contribution in [1.82, 2.24) is 0 Å². The van der Waals surface area contributed by atoms with E-state index in [0.717, 1.165) is 26.7 Å². The summed E-state index contributed by atoms with van der Waals surface area (Å²) in [6.07, 6.45) is 0.922. The number of anilines is 1. The van der Waals surface area contributed by atoms with Crippen molar-refractivity contribution in [2.75, 3.05) is 4.90 Å². The van der Waals surface area contributed by atoms with E-state index in [1.54, 1.807) is 12.1 Å². The Bertz CT molecular complexity index is 1340. The lowest BCUT2D eigenvalue weighted by molar-refractivity contribution is -0.134. The van der Waals surface area contributed by atoms with Crippen molar-refractivity contribution < 1.29 is 14.4 Å². The molecule has 2 aliphatic carbocycles. The number of nitrogens with zero attached hydrogens (tertiary/aromatic N) is 1. The van der Waals surface area contributed by atoms with E-state index in [2.05, 4.69) is 15.9 Å². The molecule has 1 saturated heterocycles. The van der Waals surface area contributed by atoms with Crippen molar-refractivity contribution in [3.63, 3.8) is 0 Å². The first-order valence-electron chi connectivity index (χ1n) is 12.5. The quantitative estimate of drug-likeness (QED) is 0.345. The number of allylic oxidation sites excluding steroid dienone is 2. The number of carbonyl (C=O) groups is 3. The highest BCUT2D eigenvalue weighted by atomic mass is 79.9. The lowest BCUT2D eigenvalue weighted by Crippen LogP contribution is -2.41. The van der Waals surface area contributed by atoms with Crippen LogP contribution in [0.2, 0.25) is 0 Å². The normalized spacial score (nSPS) is 28.9. The van der Waals surface area contributed by atoms with E-state index < -0.39 is 22.7 Å². The van der Waals surface area contributed by atoms with Crippen LogP contribution in [-0.2, 0) is 14.4 Å². The van der Waals surface area contributed by atoms with Crippen molar-refractivity contribution in [1.29, 1.82) is 0 Å². The van der Waals surface area contributed by atoms with Crippen LogP contribution in [0.15, 0.2) is 89.4 Å². The Hall–Kier alpha value is -3.31. The fourth-order valence-corrected chi connectivity index (χ4v) is 7.56. The zero-order chi connectivity index (χ0) is 25.2. The summed E-state index contributed by atoms with van der Waals surface area (Å²) in [6, 6.07) is 27.1. The van der Waals surface area contributed by atoms with Crippen LogP contribution < -0.4 is 4.90 Å². The molecular formula is C31H26BrNO3. The summed E-state index contributed by atoms with van der Waals surface area (Å²) in [4.78, 5) is 44.4. The lowest BCUT2D eigenvalue weighted by atomic mass is 9.60. The number of halogens is 1. The Morgan fingerprint density at radius 1 is 0.667 bits per heavy atom. The zero-order valence-electron chi connectivity index (χ0n) is 20.2. The molecule has 0 aromatic heterocycles. The van der Waals surface area contributed by atoms with Crippen LogP contribution in [0.25, 0.3) is 11.1 Å². The number of amides is 2. The molecule has 3 aromatic carbocycles. The van der Waals surface area contributed by atoms with Crippen molar-refractivity contribution >= 4 is 50.4 Å². The van der Waals surface area contributed by atoms with Gasteiger partial charge in [-0.15, -0.1) is 0 Å². The van der Waals surface area contributed by atoms with Crippen molar-refractivity contribution in [3.8, 4) is 0 Å². The van der Waals surface area contributed by atoms with Gasteiger partial charge in [-0.25, -0.2) is 4.90 Å². The van der Waals surface area contributed by atoms with Gasteiger partial charge in [0, 0.05) is 4.47 Å². The summed E-state index contributed by atoms with van der Waals surface area (Å²) in [5, 5.41) is 0. The fraction of sp³-hybridized carbons (Fsp3) is 0.258. The topological polar surface area (TPSA) is 54.5 Å². The smallest absolute Gasteiger partial charge is 0.239 e. The standard InChI is InChI=1S/C31H26BrNO3/c1-3-30-23(19-11-7-5-8-12-19)24(20-13-9-6-10-14-20)31(4-2,29(30)36)26-25(30)27(34)33(28(26)35)22-17-15-21(32)16-18-22/h5-18,25-26H,3-4H2,1-2H3/t25-,26-,30-,31+/m1/s1. The maximum absolute atomic E-state index is 14.7. The Kier molecular flexibility index (Phi) is 5.20. The Labute approximate surface area is 219 Å². The van der Waals surface area contributed by atoms with E-state index >= 15 is 0 Å². The second kappa shape index (κ2) is 8.10. The molecule has 4 atom stereocenters. The molecule has 1 aliphatic heterocycles. The molecule has 5 heteroatoms. The van der Waals surface area contributed by atoms with Gasteiger partial charge in [0.25, 0.3) is 0 Å². The molecule has 2 fully saturated rings. The molecule has 3 aromatic rings. The summed E-state index contributed by atoms with van der Waals surface area (Å²) in [7, 11) is 0. The monoisotopic (exact) mass is 539 g/mol. The summed E-state index contributed by atoms with van der Waals surface area (Å²) < 4.78 is 0.871. The van der Waals surface area contributed by atoms with Gasteiger partial charge in [0.15, 0.2) is 5.78 Å². The number of Topliss-reactive ketones (excluding diaryl/α,β-unsaturated/α-hetero) is 1. The highest BCUT2D eigenvalue weighted by Gasteiger charge is 2.80. The van der Waals surface area contributed by atoms with Crippen LogP contribution in [-0.4, -0.2) is 17.6 Å². The minimum atomic E-state index is -1.05. The van der Waals surface area contributed by atoms with Gasteiger partial charge < -0.3 is 0 Å². The van der Waals surface area contributed by atoms with Gasteiger partial charge in [0.05, 0.1) is 28.4 Å².